The number of hydrogen-bond donors (Lipinski definition) is 1. The molecule has 1 N–H and O–H groups in total. The molecule has 1 aromatic heterocycles. The minimum Gasteiger partial charge on any atom is -0.478 e. The molecule has 0 aliphatic heterocycles. The zero-order valence-electron chi connectivity index (χ0n) is 6.13. The van der Waals surface area contributed by atoms with Gasteiger partial charge < -0.3 is 9.63 Å². The van der Waals surface area contributed by atoms with Crippen molar-refractivity contribution < 1.29 is 27.6 Å². The van der Waals surface area contributed by atoms with E-state index in [1.807, 2.05) is 0 Å². The summed E-state index contributed by atoms with van der Waals surface area (Å²) in [6, 6.07) is 0. The Labute approximate surface area is 69.9 Å². The van der Waals surface area contributed by atoms with Gasteiger partial charge in [-0.3, -0.25) is 0 Å². The second-order valence-electron chi connectivity index (χ2n) is 2.22. The van der Waals surface area contributed by atoms with Crippen LogP contribution in [0.5, 0.6) is 0 Å². The first kappa shape index (κ1) is 9.56. The van der Waals surface area contributed by atoms with Gasteiger partial charge >= 0.3 is 11.9 Å². The summed E-state index contributed by atoms with van der Waals surface area (Å²) in [5.41, 5.74) is -2.02. The number of nitrogens with zero attached hydrogens (tertiary/aromatic N) is 1. The van der Waals surface area contributed by atoms with E-state index in [1.165, 1.54) is 0 Å². The van der Waals surface area contributed by atoms with Gasteiger partial charge in [0.1, 0.15) is 11.8 Å². The van der Waals surface area contributed by atoms with Gasteiger partial charge in [0.05, 0.1) is 0 Å². The summed E-state index contributed by atoms with van der Waals surface area (Å²) in [6.45, 7) is -2.01. The van der Waals surface area contributed by atoms with Crippen molar-refractivity contribution in [2.24, 2.45) is 0 Å². The van der Waals surface area contributed by atoms with E-state index >= 15 is 0 Å². The molecule has 1 rings (SSSR count). The van der Waals surface area contributed by atoms with Gasteiger partial charge in [0.25, 0.3) is 0 Å². The third kappa shape index (κ3) is 1.63. The van der Waals surface area contributed by atoms with Crippen molar-refractivity contribution in [1.29, 1.82) is 0 Å². The van der Waals surface area contributed by atoms with E-state index in [9.17, 15) is 18.0 Å². The van der Waals surface area contributed by atoms with Gasteiger partial charge in [0.15, 0.2) is 12.4 Å². The molecule has 0 fully saturated rings. The van der Waals surface area contributed by atoms with Crippen LogP contribution in [0.3, 0.4) is 0 Å². The Bertz CT molecular complexity index is 323. The van der Waals surface area contributed by atoms with Crippen molar-refractivity contribution in [3.63, 3.8) is 0 Å². The number of alkyl halides is 3. The van der Waals surface area contributed by atoms with Gasteiger partial charge in [-0.05, 0) is 0 Å². The highest BCUT2D eigenvalue weighted by Gasteiger charge is 2.39. The van der Waals surface area contributed by atoms with Crippen molar-refractivity contribution in [1.82, 2.24) is 5.16 Å². The quantitative estimate of drug-likeness (QED) is 0.792. The van der Waals surface area contributed by atoms with Crippen LogP contribution in [0.2, 0.25) is 0 Å². The third-order valence-electron chi connectivity index (χ3n) is 1.31. The molecule has 72 valence electrons. The minimum atomic E-state index is -3.92. The van der Waals surface area contributed by atoms with Crippen LogP contribution in [0.15, 0.2) is 10.8 Å². The lowest BCUT2D eigenvalue weighted by atomic mass is 10.1. The summed E-state index contributed by atoms with van der Waals surface area (Å²) in [5.74, 6) is -5.55. The molecule has 0 radical (unpaired) electrons. The highest BCUT2D eigenvalue weighted by atomic mass is 19.3. The molecule has 4 nitrogen and oxygen atoms in total. The first-order valence-electron chi connectivity index (χ1n) is 3.11. The second kappa shape index (κ2) is 3.08. The molecule has 0 saturated carbocycles. The SMILES string of the molecule is O=C(O)c1conc1C(F)(F)CF. The maximum Gasteiger partial charge on any atom is 0.341 e. The van der Waals surface area contributed by atoms with Gasteiger partial charge in [-0.2, -0.15) is 8.78 Å². The fourth-order valence-electron chi connectivity index (χ4n) is 0.716. The third-order valence-corrected chi connectivity index (χ3v) is 1.31. The number of carboxylic acid groups (broad SMARTS) is 1. The molecule has 0 amide bonds. The van der Waals surface area contributed by atoms with Gasteiger partial charge in [0.2, 0.25) is 0 Å². The Kier molecular flexibility index (Phi) is 2.26. The minimum absolute atomic E-state index is 0.529. The van der Waals surface area contributed by atoms with E-state index in [2.05, 4.69) is 9.68 Å². The number of aromatic carboxylic acids is 1. The standard InChI is InChI=1S/C6H4F3NO3/c7-2-6(8,9)4-3(5(11)12)1-13-10-4/h1H,2H2,(H,11,12). The van der Waals surface area contributed by atoms with E-state index in [1.54, 1.807) is 0 Å². The summed E-state index contributed by atoms with van der Waals surface area (Å²) in [5, 5.41) is 11.1. The maximum atomic E-state index is 12.6. The summed E-state index contributed by atoms with van der Waals surface area (Å²) in [7, 11) is 0. The van der Waals surface area contributed by atoms with Gasteiger partial charge in [-0.25, -0.2) is 9.18 Å². The Morgan fingerprint density at radius 3 is 2.77 bits per heavy atom. The number of halogens is 3. The monoisotopic (exact) mass is 195 g/mol. The van der Waals surface area contributed by atoms with Gasteiger partial charge in [-0.15, -0.1) is 0 Å². The zero-order chi connectivity index (χ0) is 10.1. The lowest BCUT2D eigenvalue weighted by molar-refractivity contribution is -0.0353. The molecule has 0 aliphatic rings. The second-order valence-corrected chi connectivity index (χ2v) is 2.22. The lowest BCUT2D eigenvalue weighted by Gasteiger charge is -2.07. The van der Waals surface area contributed by atoms with Gasteiger partial charge in [0, 0.05) is 0 Å². The number of hydrogen-bond acceptors (Lipinski definition) is 3. The fraction of sp³-hybridized carbons (Fsp3) is 0.333. The smallest absolute Gasteiger partial charge is 0.341 e. The van der Waals surface area contributed by atoms with Crippen LogP contribution in [0, 0.1) is 0 Å². The summed E-state index contributed by atoms with van der Waals surface area (Å²) < 4.78 is 40.9. The fourth-order valence-corrected chi connectivity index (χ4v) is 0.716. The van der Waals surface area contributed by atoms with Crippen LogP contribution in [0.25, 0.3) is 0 Å². The number of aromatic nitrogens is 1. The molecular weight excluding hydrogens is 191 g/mol. The van der Waals surface area contributed by atoms with Crippen LogP contribution in [-0.2, 0) is 5.92 Å². The van der Waals surface area contributed by atoms with Crippen molar-refractivity contribution >= 4 is 5.97 Å². The highest BCUT2D eigenvalue weighted by Crippen LogP contribution is 2.29. The van der Waals surface area contributed by atoms with E-state index in [0.717, 1.165) is 0 Å². The molecule has 0 aliphatic carbocycles. The first-order chi connectivity index (χ1) is 5.99. The lowest BCUT2D eigenvalue weighted by Crippen LogP contribution is -2.19. The molecule has 0 saturated heterocycles. The predicted molar refractivity (Wildman–Crippen MR) is 33.3 cm³/mol. The van der Waals surface area contributed by atoms with Crippen molar-refractivity contribution in [3.05, 3.63) is 17.5 Å². The van der Waals surface area contributed by atoms with Crippen molar-refractivity contribution in [2.75, 3.05) is 6.67 Å². The topological polar surface area (TPSA) is 63.3 Å². The molecule has 13 heavy (non-hydrogen) atoms. The predicted octanol–water partition coefficient (Wildman–Crippen LogP) is 1.43. The van der Waals surface area contributed by atoms with Crippen molar-refractivity contribution in [3.8, 4) is 0 Å². The number of carboxylic acids is 1. The molecule has 1 heterocycles. The highest BCUT2D eigenvalue weighted by molar-refractivity contribution is 5.88. The molecule has 0 spiro atoms. The molecule has 7 heteroatoms. The van der Waals surface area contributed by atoms with Crippen LogP contribution >= 0.6 is 0 Å². The average Bonchev–Trinajstić information content (AvgIpc) is 2.52. The van der Waals surface area contributed by atoms with Crippen LogP contribution in [0.4, 0.5) is 13.2 Å². The van der Waals surface area contributed by atoms with Crippen LogP contribution in [-0.4, -0.2) is 22.9 Å². The normalized spacial score (nSPS) is 11.6. The Morgan fingerprint density at radius 1 is 1.69 bits per heavy atom. The Balaban J connectivity index is 3.14. The maximum absolute atomic E-state index is 12.6. The molecule has 1 aromatic rings. The Morgan fingerprint density at radius 2 is 2.31 bits per heavy atom. The molecule has 0 unspecified atom stereocenters. The molecule has 0 bridgehead atoms. The summed E-state index contributed by atoms with van der Waals surface area (Å²) in [4.78, 5) is 10.3. The van der Waals surface area contributed by atoms with E-state index in [-0.39, 0.29) is 0 Å². The van der Waals surface area contributed by atoms with Crippen molar-refractivity contribution in [2.45, 2.75) is 5.92 Å². The van der Waals surface area contributed by atoms with Crippen LogP contribution < -0.4 is 0 Å². The van der Waals surface area contributed by atoms with E-state index < -0.39 is 29.8 Å². The zero-order valence-corrected chi connectivity index (χ0v) is 6.13. The van der Waals surface area contributed by atoms with E-state index in [0.29, 0.717) is 6.26 Å². The first-order valence-corrected chi connectivity index (χ1v) is 3.11. The Hall–Kier alpha value is -1.53. The molecule has 0 atom stereocenters. The van der Waals surface area contributed by atoms with Crippen LogP contribution in [0.1, 0.15) is 16.1 Å². The summed E-state index contributed by atoms with van der Waals surface area (Å²) in [6.07, 6.45) is 0.529. The largest absolute Gasteiger partial charge is 0.478 e. The average molecular weight is 195 g/mol. The van der Waals surface area contributed by atoms with E-state index in [4.69, 9.17) is 5.11 Å². The molecule has 0 aromatic carbocycles. The number of carbonyl (C=O) groups is 1. The summed E-state index contributed by atoms with van der Waals surface area (Å²) >= 11 is 0. The number of rotatable bonds is 3. The van der Waals surface area contributed by atoms with Gasteiger partial charge in [-0.1, -0.05) is 5.16 Å². The molecular formula is C6H4F3NO3.